The number of anilines is 2. The van der Waals surface area contributed by atoms with Gasteiger partial charge in [-0.05, 0) is 54.1 Å². The molecule has 6 rings (SSSR count). The van der Waals surface area contributed by atoms with Gasteiger partial charge in [0.25, 0.3) is 23.4 Å². The number of hydrogen-bond donors (Lipinski definition) is 3. The lowest BCUT2D eigenvalue weighted by Gasteiger charge is -2.23. The van der Waals surface area contributed by atoms with Gasteiger partial charge in [-0.3, -0.25) is 34.3 Å². The number of nitro benzene ring substituents is 1. The minimum Gasteiger partial charge on any atom is -0.488 e. The summed E-state index contributed by atoms with van der Waals surface area (Å²) in [5, 5.41) is 19.4. The second-order valence-corrected chi connectivity index (χ2v) is 13.0. The Hall–Kier alpha value is -6.19. The highest BCUT2D eigenvalue weighted by atomic mass is 35.5. The molecule has 1 fully saturated rings. The van der Waals surface area contributed by atoms with E-state index in [2.05, 4.69) is 20.9 Å². The Morgan fingerprint density at radius 2 is 1.69 bits per heavy atom. The van der Waals surface area contributed by atoms with Crippen LogP contribution in [0.3, 0.4) is 0 Å². The number of nitrogens with one attached hydrogen (secondary N) is 3. The topological polar surface area (TPSA) is 173 Å². The van der Waals surface area contributed by atoms with Gasteiger partial charge < -0.3 is 25.6 Å². The number of pyridine rings is 1. The average molecular weight is 778 g/mol. The van der Waals surface area contributed by atoms with Crippen molar-refractivity contribution in [3.05, 3.63) is 134 Å². The predicted octanol–water partition coefficient (Wildman–Crippen LogP) is 6.89. The lowest BCUT2D eigenvalue weighted by atomic mass is 10.1. The van der Waals surface area contributed by atoms with Gasteiger partial charge in [-0.1, -0.05) is 53.5 Å². The zero-order valence-electron chi connectivity index (χ0n) is 27.9. The van der Waals surface area contributed by atoms with Crippen molar-refractivity contribution in [2.75, 3.05) is 23.7 Å². The second kappa shape index (κ2) is 15.8. The maximum atomic E-state index is 14.5. The summed E-state index contributed by atoms with van der Waals surface area (Å²) in [6, 6.07) is 21.1. The number of carbonyl (C=O) groups is 4. The normalized spacial score (nSPS) is 14.7. The Balaban J connectivity index is 1.06. The molecule has 0 spiro atoms. The third kappa shape index (κ3) is 8.70. The van der Waals surface area contributed by atoms with Crippen molar-refractivity contribution in [3.8, 4) is 5.75 Å². The van der Waals surface area contributed by atoms with Crippen LogP contribution in [0.1, 0.15) is 32.7 Å². The number of halogens is 4. The van der Waals surface area contributed by atoms with Gasteiger partial charge in [-0.25, -0.2) is 8.78 Å². The van der Waals surface area contributed by atoms with Gasteiger partial charge in [-0.2, -0.15) is 0 Å². The maximum absolute atomic E-state index is 14.5. The van der Waals surface area contributed by atoms with E-state index in [4.69, 9.17) is 27.9 Å². The van der Waals surface area contributed by atoms with Gasteiger partial charge >= 0.3 is 0 Å². The summed E-state index contributed by atoms with van der Waals surface area (Å²) >= 11 is 12.3. The Kier molecular flexibility index (Phi) is 11.0. The number of nitrogens with zero attached hydrogens (tertiary/aromatic N) is 3. The monoisotopic (exact) mass is 776 g/mol. The highest BCUT2D eigenvalue weighted by molar-refractivity contribution is 6.34. The fourth-order valence-electron chi connectivity index (χ4n) is 5.74. The fourth-order valence-corrected chi connectivity index (χ4v) is 6.14. The van der Waals surface area contributed by atoms with E-state index in [9.17, 15) is 38.1 Å². The maximum Gasteiger partial charge on any atom is 0.271 e. The number of non-ortho nitro benzene ring substituents is 1. The minimum absolute atomic E-state index is 0.0352. The van der Waals surface area contributed by atoms with E-state index in [1.54, 1.807) is 36.4 Å². The average Bonchev–Trinajstić information content (AvgIpc) is 3.49. The lowest BCUT2D eigenvalue weighted by molar-refractivity contribution is -0.384. The molecule has 17 heteroatoms. The molecule has 2 heterocycles. The molecule has 5 aromatic rings. The standard InChI is InChI=1S/C37H28Cl2F2N6O7/c38-22-7-12-32(27(15-22)35(50)45-30-11-10-24(47(52)53)16-28(30)39)54-19-21-5-8-23(9-6-21)44-36(51)31-17-37(40,41)20-46(31)33(48)18-43-34(49)26-13-14-42-29-4-2-1-3-25(26)29/h1-16,31H,17-20H2,(H,43,49)(H,44,51)(H,45,50). The Morgan fingerprint density at radius 3 is 2.43 bits per heavy atom. The number of hydrogen-bond acceptors (Lipinski definition) is 8. The molecule has 13 nitrogen and oxygen atoms in total. The molecule has 0 radical (unpaired) electrons. The fraction of sp³-hybridized carbons (Fsp3) is 0.162. The van der Waals surface area contributed by atoms with Crippen molar-refractivity contribution >= 4 is 74.8 Å². The second-order valence-electron chi connectivity index (χ2n) is 12.1. The molecule has 0 saturated carbocycles. The van der Waals surface area contributed by atoms with Gasteiger partial charge in [0.05, 0.1) is 45.4 Å². The van der Waals surface area contributed by atoms with Crippen molar-refractivity contribution < 1.29 is 37.6 Å². The molecule has 54 heavy (non-hydrogen) atoms. The summed E-state index contributed by atoms with van der Waals surface area (Å²) in [4.78, 5) is 67.6. The van der Waals surface area contributed by atoms with E-state index < -0.39 is 60.0 Å². The van der Waals surface area contributed by atoms with E-state index in [0.29, 0.717) is 16.5 Å². The third-order valence-electron chi connectivity index (χ3n) is 8.40. The number of aromatic nitrogens is 1. The molecule has 1 aliphatic heterocycles. The number of carbonyl (C=O) groups excluding carboxylic acids is 4. The minimum atomic E-state index is -3.32. The molecule has 4 aromatic carbocycles. The number of ether oxygens (including phenoxy) is 1. The smallest absolute Gasteiger partial charge is 0.271 e. The molecule has 276 valence electrons. The zero-order valence-corrected chi connectivity index (χ0v) is 29.4. The highest BCUT2D eigenvalue weighted by Gasteiger charge is 2.49. The SMILES string of the molecule is O=C(Nc1ccc([N+](=O)[O-])cc1Cl)c1cc(Cl)ccc1OCc1ccc(NC(=O)C2CC(F)(F)CN2C(=O)CNC(=O)c2ccnc3ccccc23)cc1. The molecule has 1 unspecified atom stereocenters. The number of likely N-dealkylation sites (tertiary alicyclic amines) is 1. The highest BCUT2D eigenvalue weighted by Crippen LogP contribution is 2.33. The Bertz CT molecular complexity index is 2290. The van der Waals surface area contributed by atoms with Crippen molar-refractivity contribution in [2.45, 2.75) is 25.0 Å². The first-order valence-electron chi connectivity index (χ1n) is 16.1. The van der Waals surface area contributed by atoms with Crippen molar-refractivity contribution in [1.29, 1.82) is 0 Å². The number of amides is 4. The molecule has 1 saturated heterocycles. The van der Waals surface area contributed by atoms with Crippen LogP contribution in [0.5, 0.6) is 5.75 Å². The molecule has 1 aliphatic rings. The third-order valence-corrected chi connectivity index (χ3v) is 8.95. The predicted molar refractivity (Wildman–Crippen MR) is 196 cm³/mol. The molecule has 4 amide bonds. The van der Waals surface area contributed by atoms with E-state index >= 15 is 0 Å². The summed E-state index contributed by atoms with van der Waals surface area (Å²) in [6.45, 7) is -1.63. The Morgan fingerprint density at radius 1 is 0.926 bits per heavy atom. The summed E-state index contributed by atoms with van der Waals surface area (Å²) in [5.41, 5.74) is 1.63. The molecule has 1 aromatic heterocycles. The first-order valence-corrected chi connectivity index (χ1v) is 16.9. The van der Waals surface area contributed by atoms with E-state index in [1.807, 2.05) is 0 Å². The molecule has 1 atom stereocenters. The first-order chi connectivity index (χ1) is 25.8. The van der Waals surface area contributed by atoms with Crippen molar-refractivity contribution in [3.63, 3.8) is 0 Å². The summed E-state index contributed by atoms with van der Waals surface area (Å²) in [5.74, 6) is -6.09. The number of fused-ring (bicyclic) bond motifs is 1. The summed E-state index contributed by atoms with van der Waals surface area (Å²) in [6.07, 6.45) is 0.550. The van der Waals surface area contributed by atoms with Crippen LogP contribution in [0.25, 0.3) is 10.9 Å². The lowest BCUT2D eigenvalue weighted by Crippen LogP contribution is -2.47. The van der Waals surface area contributed by atoms with Crippen LogP contribution in [0.15, 0.2) is 97.2 Å². The number of para-hydroxylation sites is 1. The van der Waals surface area contributed by atoms with Crippen LogP contribution in [0, 0.1) is 10.1 Å². The van der Waals surface area contributed by atoms with E-state index in [-0.39, 0.29) is 50.6 Å². The summed E-state index contributed by atoms with van der Waals surface area (Å²) in [7, 11) is 0. The largest absolute Gasteiger partial charge is 0.488 e. The van der Waals surface area contributed by atoms with Gasteiger partial charge in [0.1, 0.15) is 18.4 Å². The van der Waals surface area contributed by atoms with E-state index in [0.717, 1.165) is 11.0 Å². The van der Waals surface area contributed by atoms with Crippen LogP contribution >= 0.6 is 23.2 Å². The molecular weight excluding hydrogens is 749 g/mol. The molecule has 0 aliphatic carbocycles. The van der Waals surface area contributed by atoms with Crippen LogP contribution in [0.2, 0.25) is 10.0 Å². The van der Waals surface area contributed by atoms with Crippen LogP contribution in [-0.2, 0) is 16.2 Å². The molecule has 0 bridgehead atoms. The number of nitro groups is 1. The van der Waals surface area contributed by atoms with Crippen LogP contribution in [0.4, 0.5) is 25.8 Å². The van der Waals surface area contributed by atoms with Gasteiger partial charge in [0, 0.05) is 40.8 Å². The van der Waals surface area contributed by atoms with Gasteiger partial charge in [0.2, 0.25) is 11.8 Å². The van der Waals surface area contributed by atoms with Crippen LogP contribution in [-0.4, -0.2) is 63.5 Å². The first kappa shape index (κ1) is 37.6. The Labute approximate surface area is 315 Å². The quantitative estimate of drug-likeness (QED) is 0.0962. The molecule has 3 N–H and O–H groups in total. The van der Waals surface area contributed by atoms with Crippen molar-refractivity contribution in [1.82, 2.24) is 15.2 Å². The number of rotatable bonds is 11. The zero-order chi connectivity index (χ0) is 38.6. The van der Waals surface area contributed by atoms with E-state index in [1.165, 1.54) is 54.7 Å². The number of benzene rings is 4. The number of alkyl halides is 2. The van der Waals surface area contributed by atoms with Gasteiger partial charge in [-0.15, -0.1) is 0 Å². The van der Waals surface area contributed by atoms with Gasteiger partial charge in [0.15, 0.2) is 0 Å². The molecular formula is C37H28Cl2F2N6O7. The van der Waals surface area contributed by atoms with Crippen molar-refractivity contribution in [2.24, 2.45) is 0 Å². The summed E-state index contributed by atoms with van der Waals surface area (Å²) < 4.78 is 35.0. The van der Waals surface area contributed by atoms with Crippen LogP contribution < -0.4 is 20.7 Å².